The van der Waals surface area contributed by atoms with Crippen LogP contribution in [0.3, 0.4) is 0 Å². The topological polar surface area (TPSA) is 92.8 Å². The van der Waals surface area contributed by atoms with E-state index in [-0.39, 0.29) is 5.75 Å². The van der Waals surface area contributed by atoms with Gasteiger partial charge in [-0.15, -0.1) is 0 Å². The normalized spacial score (nSPS) is 12.7. The summed E-state index contributed by atoms with van der Waals surface area (Å²) in [6.07, 6.45) is 0.341. The summed E-state index contributed by atoms with van der Waals surface area (Å²) in [5, 5.41) is 0.389. The van der Waals surface area contributed by atoms with Gasteiger partial charge < -0.3 is 5.73 Å². The van der Waals surface area contributed by atoms with Crippen molar-refractivity contribution in [2.45, 2.75) is 13.3 Å². The Morgan fingerprint density at radius 2 is 2.11 bits per heavy atom. The molecule has 0 aromatic heterocycles. The van der Waals surface area contributed by atoms with Gasteiger partial charge in [-0.2, -0.15) is 8.42 Å². The van der Waals surface area contributed by atoms with Gasteiger partial charge in [0, 0.05) is 5.75 Å². The van der Waals surface area contributed by atoms with Crippen LogP contribution in [0.1, 0.15) is 12.0 Å². The van der Waals surface area contributed by atoms with E-state index >= 15 is 0 Å². The first kappa shape index (κ1) is 15.0. The number of hydrogen-bond donors (Lipinski definition) is 2. The minimum Gasteiger partial charge on any atom is -0.378 e. The van der Waals surface area contributed by atoms with Crippen molar-refractivity contribution in [3.8, 4) is 0 Å². The summed E-state index contributed by atoms with van der Waals surface area (Å²) in [5.74, 6) is 0.249. The summed E-state index contributed by atoms with van der Waals surface area (Å²) in [6.45, 7) is 1.94. The summed E-state index contributed by atoms with van der Waals surface area (Å²) in [6, 6.07) is 7.60. The molecule has 0 unspecified atom stereocenters. The van der Waals surface area contributed by atoms with Gasteiger partial charge in [-0.3, -0.25) is 4.55 Å². The smallest absolute Gasteiger partial charge is 0.264 e. The maximum atomic E-state index is 10.5. The monoisotopic (exact) mass is 288 g/mol. The lowest BCUT2D eigenvalue weighted by molar-refractivity contribution is 0.482. The van der Waals surface area contributed by atoms with Gasteiger partial charge in [0.05, 0.1) is 11.4 Å². The van der Waals surface area contributed by atoms with Gasteiger partial charge in [-0.1, -0.05) is 30.0 Å². The van der Waals surface area contributed by atoms with Gasteiger partial charge in [0.1, 0.15) is 0 Å². The average Bonchev–Trinajstić information content (AvgIpc) is 2.26. The number of para-hydroxylation sites is 1. The zero-order valence-electron chi connectivity index (χ0n) is 10.0. The predicted octanol–water partition coefficient (Wildman–Crippen LogP) is 1.95. The third-order valence-corrected chi connectivity index (χ3v) is 3.83. The number of benzene rings is 1. The number of rotatable bonds is 5. The average molecular weight is 288 g/mol. The molecule has 100 valence electrons. The molecule has 0 saturated heterocycles. The zero-order chi connectivity index (χ0) is 13.6. The third kappa shape index (κ3) is 6.04. The number of aliphatic imine (C=N–C) groups is 1. The first-order valence-corrected chi connectivity index (χ1v) is 7.96. The van der Waals surface area contributed by atoms with E-state index in [2.05, 4.69) is 4.99 Å². The van der Waals surface area contributed by atoms with Crippen molar-refractivity contribution in [3.63, 3.8) is 0 Å². The second kappa shape index (κ2) is 6.77. The second-order valence-electron chi connectivity index (χ2n) is 3.72. The number of thioether (sulfide) groups is 1. The van der Waals surface area contributed by atoms with Gasteiger partial charge in [0.15, 0.2) is 5.17 Å². The van der Waals surface area contributed by atoms with E-state index in [1.807, 2.05) is 31.2 Å². The van der Waals surface area contributed by atoms with Crippen LogP contribution in [0, 0.1) is 6.92 Å². The fourth-order valence-corrected chi connectivity index (χ4v) is 2.61. The van der Waals surface area contributed by atoms with E-state index < -0.39 is 10.1 Å². The van der Waals surface area contributed by atoms with Crippen molar-refractivity contribution < 1.29 is 13.0 Å². The molecule has 5 nitrogen and oxygen atoms in total. The number of nitrogens with two attached hydrogens (primary N) is 1. The first-order chi connectivity index (χ1) is 8.38. The summed E-state index contributed by atoms with van der Waals surface area (Å²) in [4.78, 5) is 4.24. The molecule has 3 N–H and O–H groups in total. The molecule has 0 fully saturated rings. The lowest BCUT2D eigenvalue weighted by Crippen LogP contribution is -2.09. The highest BCUT2D eigenvalue weighted by Gasteiger charge is 2.04. The van der Waals surface area contributed by atoms with Crippen molar-refractivity contribution >= 4 is 32.7 Å². The van der Waals surface area contributed by atoms with Crippen LogP contribution in [-0.2, 0) is 10.1 Å². The molecule has 0 amide bonds. The Balaban J connectivity index is 2.46. The van der Waals surface area contributed by atoms with Crippen LogP contribution in [0.15, 0.2) is 29.3 Å². The molecule has 7 heteroatoms. The van der Waals surface area contributed by atoms with Crippen LogP contribution in [0.2, 0.25) is 0 Å². The van der Waals surface area contributed by atoms with E-state index in [0.717, 1.165) is 11.3 Å². The molecule has 0 bridgehead atoms. The van der Waals surface area contributed by atoms with Crippen molar-refractivity contribution in [2.75, 3.05) is 11.5 Å². The second-order valence-corrected chi connectivity index (χ2v) is 6.41. The van der Waals surface area contributed by atoms with Crippen LogP contribution < -0.4 is 5.73 Å². The van der Waals surface area contributed by atoms with Gasteiger partial charge in [-0.05, 0) is 25.0 Å². The first-order valence-electron chi connectivity index (χ1n) is 5.36. The summed E-state index contributed by atoms with van der Waals surface area (Å²) < 4.78 is 29.5. The zero-order valence-corrected chi connectivity index (χ0v) is 11.7. The fraction of sp³-hybridized carbons (Fsp3) is 0.364. The Bertz CT molecular complexity index is 527. The van der Waals surface area contributed by atoms with E-state index in [1.54, 1.807) is 0 Å². The molecule has 18 heavy (non-hydrogen) atoms. The predicted molar refractivity (Wildman–Crippen MR) is 76.0 cm³/mol. The third-order valence-electron chi connectivity index (χ3n) is 2.14. The lowest BCUT2D eigenvalue weighted by Gasteiger charge is -2.02. The Labute approximate surface area is 111 Å². The summed E-state index contributed by atoms with van der Waals surface area (Å²) in [7, 11) is -3.88. The molecule has 0 atom stereocenters. The fourth-order valence-electron chi connectivity index (χ4n) is 1.26. The van der Waals surface area contributed by atoms with Crippen molar-refractivity contribution in [2.24, 2.45) is 10.7 Å². The molecular weight excluding hydrogens is 272 g/mol. The molecule has 1 aromatic rings. The molecule has 0 aliphatic carbocycles. The molecule has 1 aromatic carbocycles. The minimum atomic E-state index is -3.88. The highest BCUT2D eigenvalue weighted by atomic mass is 32.2. The molecule has 1 rings (SSSR count). The molecular formula is C11H16N2O3S2. The summed E-state index contributed by atoms with van der Waals surface area (Å²) in [5.41, 5.74) is 7.56. The highest BCUT2D eigenvalue weighted by molar-refractivity contribution is 8.13. The molecule has 0 radical (unpaired) electrons. The Morgan fingerprint density at radius 1 is 1.44 bits per heavy atom. The van der Waals surface area contributed by atoms with Crippen LogP contribution in [-0.4, -0.2) is 29.6 Å². The van der Waals surface area contributed by atoms with Crippen LogP contribution in [0.5, 0.6) is 0 Å². The maximum Gasteiger partial charge on any atom is 0.264 e. The number of amidine groups is 1. The molecule has 0 saturated carbocycles. The van der Waals surface area contributed by atoms with Gasteiger partial charge in [0.25, 0.3) is 10.1 Å². The Kier molecular flexibility index (Phi) is 5.64. The molecule has 0 aliphatic heterocycles. The van der Waals surface area contributed by atoms with Crippen LogP contribution in [0.4, 0.5) is 5.69 Å². The maximum absolute atomic E-state index is 10.5. The molecule has 0 heterocycles. The quantitative estimate of drug-likeness (QED) is 0.374. The van der Waals surface area contributed by atoms with Crippen molar-refractivity contribution in [3.05, 3.63) is 29.8 Å². The standard InChI is InChI=1S/C11H16N2O3S2/c1-9-5-2-3-6-10(9)13-11(12)17-7-4-8-18(14,15)16/h2-3,5-6H,4,7-8H2,1H3,(H2,12,13)(H,14,15,16). The number of aryl methyl sites for hydroxylation is 1. The number of hydrogen-bond acceptors (Lipinski definition) is 4. The van der Waals surface area contributed by atoms with Crippen molar-refractivity contribution in [1.82, 2.24) is 0 Å². The Hall–Kier alpha value is -1.05. The van der Waals surface area contributed by atoms with Gasteiger partial charge in [0.2, 0.25) is 0 Å². The van der Waals surface area contributed by atoms with Gasteiger partial charge >= 0.3 is 0 Å². The summed E-state index contributed by atoms with van der Waals surface area (Å²) >= 11 is 1.27. The van der Waals surface area contributed by atoms with E-state index in [0.29, 0.717) is 17.3 Å². The van der Waals surface area contributed by atoms with Crippen molar-refractivity contribution in [1.29, 1.82) is 0 Å². The van der Waals surface area contributed by atoms with Crippen LogP contribution >= 0.6 is 11.8 Å². The minimum absolute atomic E-state index is 0.252. The highest BCUT2D eigenvalue weighted by Crippen LogP contribution is 2.18. The molecule has 0 aliphatic rings. The SMILES string of the molecule is Cc1ccccc1N=C(N)SCCCS(=O)(=O)O. The largest absolute Gasteiger partial charge is 0.378 e. The van der Waals surface area contributed by atoms with E-state index in [4.69, 9.17) is 10.3 Å². The van der Waals surface area contributed by atoms with E-state index in [9.17, 15) is 8.42 Å². The van der Waals surface area contributed by atoms with Gasteiger partial charge in [-0.25, -0.2) is 4.99 Å². The number of nitrogens with zero attached hydrogens (tertiary/aromatic N) is 1. The van der Waals surface area contributed by atoms with Crippen LogP contribution in [0.25, 0.3) is 0 Å². The lowest BCUT2D eigenvalue weighted by atomic mass is 10.2. The Morgan fingerprint density at radius 3 is 2.72 bits per heavy atom. The molecule has 0 spiro atoms. The van der Waals surface area contributed by atoms with E-state index in [1.165, 1.54) is 11.8 Å².